The third-order valence-electron chi connectivity index (χ3n) is 2.41. The molecule has 1 aliphatic rings. The third-order valence-corrected chi connectivity index (χ3v) is 2.41. The van der Waals surface area contributed by atoms with Crippen molar-refractivity contribution in [2.45, 2.75) is 45.4 Å². The predicted octanol–water partition coefficient (Wildman–Crippen LogP) is 2.55. The van der Waals surface area contributed by atoms with E-state index in [0.717, 1.165) is 19.3 Å². The summed E-state index contributed by atoms with van der Waals surface area (Å²) in [4.78, 5) is 11.1. The molecule has 0 bridgehead atoms. The standard InChI is InChI=1S/C9H16O/c1-2-8-5-3-4-6-9(10)7-8/h8H,2-7H2,1H3/t8-/m1/s1. The summed E-state index contributed by atoms with van der Waals surface area (Å²) in [7, 11) is 0. The van der Waals surface area contributed by atoms with Crippen LogP contribution in [0.1, 0.15) is 45.4 Å². The summed E-state index contributed by atoms with van der Waals surface area (Å²) in [5.74, 6) is 1.19. The molecule has 1 aliphatic carbocycles. The fraction of sp³-hybridized carbons (Fsp3) is 0.889. The van der Waals surface area contributed by atoms with Crippen LogP contribution in [0.5, 0.6) is 0 Å². The van der Waals surface area contributed by atoms with Gasteiger partial charge in [0.05, 0.1) is 0 Å². The average Bonchev–Trinajstić information content (AvgIpc) is 2.13. The molecule has 10 heavy (non-hydrogen) atoms. The number of hydrogen-bond donors (Lipinski definition) is 0. The second kappa shape index (κ2) is 3.75. The molecule has 58 valence electrons. The Hall–Kier alpha value is -0.330. The molecule has 1 nitrogen and oxygen atoms in total. The highest BCUT2D eigenvalue weighted by molar-refractivity contribution is 5.78. The Morgan fingerprint density at radius 1 is 1.50 bits per heavy atom. The molecule has 1 atom stereocenters. The van der Waals surface area contributed by atoms with E-state index in [1.807, 2.05) is 0 Å². The Kier molecular flexibility index (Phi) is 2.91. The molecule has 1 saturated carbocycles. The lowest BCUT2D eigenvalue weighted by atomic mass is 9.97. The van der Waals surface area contributed by atoms with Crippen molar-refractivity contribution in [3.8, 4) is 0 Å². The first-order valence-corrected chi connectivity index (χ1v) is 4.34. The molecule has 0 radical (unpaired) electrons. The molecule has 0 aromatic rings. The van der Waals surface area contributed by atoms with Gasteiger partial charge in [0.15, 0.2) is 0 Å². The maximum Gasteiger partial charge on any atom is 0.133 e. The number of carbonyl (C=O) groups excluding carboxylic acids is 1. The van der Waals surface area contributed by atoms with E-state index in [4.69, 9.17) is 0 Å². The van der Waals surface area contributed by atoms with Crippen molar-refractivity contribution >= 4 is 5.78 Å². The van der Waals surface area contributed by atoms with Crippen LogP contribution in [0.15, 0.2) is 0 Å². The van der Waals surface area contributed by atoms with Crippen LogP contribution in [0.3, 0.4) is 0 Å². The summed E-state index contributed by atoms with van der Waals surface area (Å²) in [5.41, 5.74) is 0. The van der Waals surface area contributed by atoms with E-state index in [1.165, 1.54) is 19.3 Å². The average molecular weight is 140 g/mol. The minimum Gasteiger partial charge on any atom is -0.300 e. The van der Waals surface area contributed by atoms with Crippen molar-refractivity contribution in [3.63, 3.8) is 0 Å². The minimum absolute atomic E-state index is 0.490. The van der Waals surface area contributed by atoms with Gasteiger partial charge in [0.1, 0.15) is 5.78 Å². The zero-order chi connectivity index (χ0) is 7.40. The molecule has 1 fully saturated rings. The SMILES string of the molecule is CC[C@@H]1CCCCC(=O)C1. The van der Waals surface area contributed by atoms with Gasteiger partial charge in [-0.3, -0.25) is 4.79 Å². The summed E-state index contributed by atoms with van der Waals surface area (Å²) in [5, 5.41) is 0. The quantitative estimate of drug-likeness (QED) is 0.511. The number of hydrogen-bond acceptors (Lipinski definition) is 1. The van der Waals surface area contributed by atoms with E-state index in [-0.39, 0.29) is 0 Å². The van der Waals surface area contributed by atoms with Crippen molar-refractivity contribution in [1.82, 2.24) is 0 Å². The number of ketones is 1. The Balaban J connectivity index is 2.38. The summed E-state index contributed by atoms with van der Waals surface area (Å²) in [6, 6.07) is 0. The van der Waals surface area contributed by atoms with Gasteiger partial charge in [0.25, 0.3) is 0 Å². The van der Waals surface area contributed by atoms with E-state index >= 15 is 0 Å². The van der Waals surface area contributed by atoms with Crippen molar-refractivity contribution in [2.75, 3.05) is 0 Å². The molecule has 0 amide bonds. The van der Waals surface area contributed by atoms with Crippen molar-refractivity contribution in [3.05, 3.63) is 0 Å². The third kappa shape index (κ3) is 2.13. The molecule has 1 heteroatoms. The molecule has 0 aromatic carbocycles. The van der Waals surface area contributed by atoms with Crippen LogP contribution >= 0.6 is 0 Å². The van der Waals surface area contributed by atoms with Crippen molar-refractivity contribution in [1.29, 1.82) is 0 Å². The Labute approximate surface area is 62.8 Å². The summed E-state index contributed by atoms with van der Waals surface area (Å²) in [6.45, 7) is 2.18. The largest absolute Gasteiger partial charge is 0.300 e. The summed E-state index contributed by atoms with van der Waals surface area (Å²) in [6.07, 6.45) is 6.57. The van der Waals surface area contributed by atoms with Gasteiger partial charge in [0, 0.05) is 12.8 Å². The van der Waals surface area contributed by atoms with Crippen LogP contribution in [-0.4, -0.2) is 5.78 Å². The van der Waals surface area contributed by atoms with E-state index in [2.05, 4.69) is 6.92 Å². The Morgan fingerprint density at radius 2 is 2.30 bits per heavy atom. The molecule has 0 aliphatic heterocycles. The van der Waals surface area contributed by atoms with E-state index < -0.39 is 0 Å². The minimum atomic E-state index is 0.490. The van der Waals surface area contributed by atoms with Crippen molar-refractivity contribution in [2.24, 2.45) is 5.92 Å². The van der Waals surface area contributed by atoms with E-state index in [1.54, 1.807) is 0 Å². The highest BCUT2D eigenvalue weighted by Gasteiger charge is 2.15. The first-order chi connectivity index (χ1) is 4.83. The van der Waals surface area contributed by atoms with E-state index in [0.29, 0.717) is 11.7 Å². The first kappa shape index (κ1) is 7.77. The zero-order valence-electron chi connectivity index (χ0n) is 6.73. The van der Waals surface area contributed by atoms with Gasteiger partial charge < -0.3 is 0 Å². The van der Waals surface area contributed by atoms with Gasteiger partial charge in [-0.2, -0.15) is 0 Å². The summed E-state index contributed by atoms with van der Waals surface area (Å²) < 4.78 is 0. The van der Waals surface area contributed by atoms with Crippen LogP contribution in [0.2, 0.25) is 0 Å². The molecule has 0 spiro atoms. The molecule has 0 unspecified atom stereocenters. The lowest BCUT2D eigenvalue weighted by Gasteiger charge is -2.07. The normalized spacial score (nSPS) is 28.1. The van der Waals surface area contributed by atoms with Crippen LogP contribution in [0.4, 0.5) is 0 Å². The maximum absolute atomic E-state index is 11.1. The van der Waals surface area contributed by atoms with E-state index in [9.17, 15) is 4.79 Å². The highest BCUT2D eigenvalue weighted by atomic mass is 16.1. The van der Waals surface area contributed by atoms with Crippen LogP contribution in [0, 0.1) is 5.92 Å². The molecular weight excluding hydrogens is 124 g/mol. The van der Waals surface area contributed by atoms with Crippen LogP contribution in [-0.2, 0) is 4.79 Å². The van der Waals surface area contributed by atoms with Crippen molar-refractivity contribution < 1.29 is 4.79 Å². The summed E-state index contributed by atoms with van der Waals surface area (Å²) >= 11 is 0. The van der Waals surface area contributed by atoms with Gasteiger partial charge >= 0.3 is 0 Å². The molecule has 0 aromatic heterocycles. The molecule has 1 rings (SSSR count). The second-order valence-electron chi connectivity index (χ2n) is 3.26. The number of carbonyl (C=O) groups is 1. The molecule has 0 saturated heterocycles. The lowest BCUT2D eigenvalue weighted by molar-refractivity contribution is -0.119. The Morgan fingerprint density at radius 3 is 3.00 bits per heavy atom. The molecular formula is C9H16O. The topological polar surface area (TPSA) is 17.1 Å². The van der Waals surface area contributed by atoms with Gasteiger partial charge in [-0.15, -0.1) is 0 Å². The second-order valence-corrected chi connectivity index (χ2v) is 3.26. The zero-order valence-corrected chi connectivity index (χ0v) is 6.73. The highest BCUT2D eigenvalue weighted by Crippen LogP contribution is 2.22. The smallest absolute Gasteiger partial charge is 0.133 e. The monoisotopic (exact) mass is 140 g/mol. The van der Waals surface area contributed by atoms with Gasteiger partial charge in [-0.05, 0) is 12.3 Å². The predicted molar refractivity (Wildman–Crippen MR) is 41.9 cm³/mol. The lowest BCUT2D eigenvalue weighted by Crippen LogP contribution is -2.03. The van der Waals surface area contributed by atoms with Gasteiger partial charge in [-0.25, -0.2) is 0 Å². The fourth-order valence-electron chi connectivity index (χ4n) is 1.63. The molecule has 0 heterocycles. The first-order valence-electron chi connectivity index (χ1n) is 4.34. The Bertz CT molecular complexity index is 118. The van der Waals surface area contributed by atoms with Crippen LogP contribution in [0.25, 0.3) is 0 Å². The number of Topliss-reactive ketones (excluding diaryl/α,β-unsaturated/α-hetero) is 1. The van der Waals surface area contributed by atoms with Gasteiger partial charge in [-0.1, -0.05) is 26.2 Å². The molecule has 0 N–H and O–H groups in total. The number of rotatable bonds is 1. The van der Waals surface area contributed by atoms with Crippen LogP contribution < -0.4 is 0 Å². The fourth-order valence-corrected chi connectivity index (χ4v) is 1.63. The maximum atomic E-state index is 11.1. The van der Waals surface area contributed by atoms with Gasteiger partial charge in [0.2, 0.25) is 0 Å².